The Morgan fingerprint density at radius 2 is 1.62 bits per heavy atom. The molecular weight excluding hydrogens is 381 g/mol. The molecule has 0 N–H and O–H groups in total. The molecule has 2 nitrogen and oxygen atoms in total. The number of hydrogen-bond donors (Lipinski definition) is 0. The van der Waals surface area contributed by atoms with Gasteiger partial charge in [0.1, 0.15) is 29.3 Å². The van der Waals surface area contributed by atoms with Crippen LogP contribution < -0.4 is 0 Å². The summed E-state index contributed by atoms with van der Waals surface area (Å²) in [5.74, 6) is -1.92. The maximum absolute atomic E-state index is 14.3. The van der Waals surface area contributed by atoms with E-state index in [2.05, 4.69) is 0 Å². The highest BCUT2D eigenvalue weighted by atomic mass is 32.2. The third kappa shape index (κ3) is 3.39. The first kappa shape index (κ1) is 18.9. The lowest BCUT2D eigenvalue weighted by atomic mass is 9.93. The third-order valence-electron chi connectivity index (χ3n) is 4.01. The number of hydrogen-bond acceptors (Lipinski definition) is 3. The van der Waals surface area contributed by atoms with Gasteiger partial charge in [0, 0.05) is 17.2 Å². The molecule has 2 aromatic rings. The summed E-state index contributed by atoms with van der Waals surface area (Å²) in [6, 6.07) is 7.21. The van der Waals surface area contributed by atoms with E-state index in [0.29, 0.717) is 16.0 Å². The molecule has 3 rings (SSSR count). The van der Waals surface area contributed by atoms with Gasteiger partial charge in [0.05, 0.1) is 4.86 Å². The predicted octanol–water partition coefficient (Wildman–Crippen LogP) is 4.89. The van der Waals surface area contributed by atoms with E-state index in [-0.39, 0.29) is 16.2 Å². The summed E-state index contributed by atoms with van der Waals surface area (Å²) in [4.78, 5) is 0.425. The molecular formula is C19H15F3O2S2. The number of ether oxygens (including phenoxy) is 1. The van der Waals surface area contributed by atoms with Crippen LogP contribution in [0.5, 0.6) is 0 Å². The van der Waals surface area contributed by atoms with Crippen molar-refractivity contribution in [2.24, 2.45) is 0 Å². The fourth-order valence-electron chi connectivity index (χ4n) is 2.80. The minimum absolute atomic E-state index is 0.0625. The highest BCUT2D eigenvalue weighted by molar-refractivity contribution is 7.90. The molecule has 0 saturated heterocycles. The van der Waals surface area contributed by atoms with Crippen molar-refractivity contribution >= 4 is 39.6 Å². The normalized spacial score (nSPS) is 17.4. The van der Waals surface area contributed by atoms with Gasteiger partial charge in [-0.25, -0.2) is 13.2 Å². The van der Waals surface area contributed by atoms with Crippen LogP contribution in [0.4, 0.5) is 13.2 Å². The van der Waals surface area contributed by atoms with Crippen molar-refractivity contribution in [1.29, 1.82) is 0 Å². The van der Waals surface area contributed by atoms with E-state index >= 15 is 0 Å². The molecule has 0 bridgehead atoms. The molecule has 7 heteroatoms. The minimum Gasteiger partial charge on any atom is -0.612 e. The van der Waals surface area contributed by atoms with E-state index in [4.69, 9.17) is 17.0 Å². The molecule has 136 valence electrons. The molecule has 1 unspecified atom stereocenters. The first-order chi connectivity index (χ1) is 12.1. The molecule has 1 atom stereocenters. The number of rotatable bonds is 3. The van der Waals surface area contributed by atoms with Crippen LogP contribution in [0.2, 0.25) is 0 Å². The van der Waals surface area contributed by atoms with Crippen molar-refractivity contribution in [2.45, 2.75) is 24.3 Å². The van der Waals surface area contributed by atoms with Crippen molar-refractivity contribution < 1.29 is 22.5 Å². The molecule has 2 aromatic carbocycles. The molecule has 1 heterocycles. The van der Waals surface area contributed by atoms with Crippen LogP contribution in [-0.4, -0.2) is 21.3 Å². The third-order valence-corrected chi connectivity index (χ3v) is 5.66. The molecule has 0 amide bonds. The standard InChI is InChI=1S/C19H15F3O2S2/c1-19(2)18(25)16(11-6-12(20)9-13(21)7-11)17(24-19)10-4-5-15(26(3)23)14(22)8-10/h4-9H,1-3H3. The average Bonchev–Trinajstić information content (AvgIpc) is 2.76. The van der Waals surface area contributed by atoms with Gasteiger partial charge in [-0.1, -0.05) is 12.2 Å². The predicted molar refractivity (Wildman–Crippen MR) is 99.7 cm³/mol. The van der Waals surface area contributed by atoms with Gasteiger partial charge < -0.3 is 9.29 Å². The molecule has 0 radical (unpaired) electrons. The monoisotopic (exact) mass is 396 g/mol. The second kappa shape index (κ2) is 6.72. The maximum Gasteiger partial charge on any atom is 0.188 e. The Bertz CT molecular complexity index is 916. The zero-order valence-electron chi connectivity index (χ0n) is 14.2. The van der Waals surface area contributed by atoms with Gasteiger partial charge in [-0.2, -0.15) is 0 Å². The Morgan fingerprint density at radius 1 is 1.00 bits per heavy atom. The van der Waals surface area contributed by atoms with E-state index in [0.717, 1.165) is 18.2 Å². The average molecular weight is 396 g/mol. The zero-order chi connectivity index (χ0) is 19.2. The Hall–Kier alpha value is -1.83. The minimum atomic E-state index is -1.48. The fraction of sp³-hybridized carbons (Fsp3) is 0.211. The number of thiocarbonyl (C=S) groups is 1. The Balaban J connectivity index is 2.22. The second-order valence-corrected chi connectivity index (χ2v) is 8.16. The van der Waals surface area contributed by atoms with Gasteiger partial charge in [-0.3, -0.25) is 0 Å². The SMILES string of the molecule is C[S+]([O-])c1ccc(C2=C(c3cc(F)cc(F)c3)C(=S)C(C)(C)O2)cc1F. The van der Waals surface area contributed by atoms with Crippen LogP contribution in [-0.2, 0) is 15.9 Å². The van der Waals surface area contributed by atoms with E-state index in [1.807, 2.05) is 0 Å². The zero-order valence-corrected chi connectivity index (χ0v) is 15.9. The largest absolute Gasteiger partial charge is 0.612 e. The first-order valence-electron chi connectivity index (χ1n) is 7.68. The van der Waals surface area contributed by atoms with E-state index in [1.165, 1.54) is 18.4 Å². The number of halogens is 3. The highest BCUT2D eigenvalue weighted by Gasteiger charge is 2.40. The van der Waals surface area contributed by atoms with Crippen molar-refractivity contribution in [3.63, 3.8) is 0 Å². The maximum atomic E-state index is 14.3. The Labute approximate surface area is 157 Å². The summed E-state index contributed by atoms with van der Waals surface area (Å²) >= 11 is 3.97. The van der Waals surface area contributed by atoms with Crippen LogP contribution in [0.1, 0.15) is 25.0 Å². The van der Waals surface area contributed by atoms with Crippen LogP contribution in [0, 0.1) is 17.5 Å². The van der Waals surface area contributed by atoms with Gasteiger partial charge in [0.2, 0.25) is 0 Å². The van der Waals surface area contributed by atoms with Crippen LogP contribution in [0.15, 0.2) is 41.3 Å². The molecule has 26 heavy (non-hydrogen) atoms. The van der Waals surface area contributed by atoms with Crippen molar-refractivity contribution in [3.8, 4) is 0 Å². The summed E-state index contributed by atoms with van der Waals surface area (Å²) in [7, 11) is 0. The molecule has 0 fully saturated rings. The van der Waals surface area contributed by atoms with Crippen molar-refractivity contribution in [1.82, 2.24) is 0 Å². The van der Waals surface area contributed by atoms with Crippen LogP contribution >= 0.6 is 12.2 Å². The lowest BCUT2D eigenvalue weighted by molar-refractivity contribution is 0.160. The van der Waals surface area contributed by atoms with Gasteiger partial charge >= 0.3 is 0 Å². The molecule has 0 aromatic heterocycles. The van der Waals surface area contributed by atoms with E-state index < -0.39 is 34.2 Å². The summed E-state index contributed by atoms with van der Waals surface area (Å²) in [5, 5.41) is 0. The lowest BCUT2D eigenvalue weighted by Gasteiger charge is -2.20. The second-order valence-electron chi connectivity index (χ2n) is 6.40. The van der Waals surface area contributed by atoms with Gasteiger partial charge in [0.25, 0.3) is 0 Å². The van der Waals surface area contributed by atoms with Crippen molar-refractivity contribution in [3.05, 3.63) is 65.0 Å². The Kier molecular flexibility index (Phi) is 4.90. The molecule has 0 saturated carbocycles. The smallest absolute Gasteiger partial charge is 0.188 e. The number of benzene rings is 2. The van der Waals surface area contributed by atoms with Gasteiger partial charge in [0.15, 0.2) is 10.7 Å². The van der Waals surface area contributed by atoms with E-state index in [1.54, 1.807) is 19.9 Å². The summed E-state index contributed by atoms with van der Waals surface area (Å²) < 4.78 is 59.1. The molecule has 0 spiro atoms. The lowest BCUT2D eigenvalue weighted by Crippen LogP contribution is -2.27. The fourth-order valence-corrected chi connectivity index (χ4v) is 3.64. The molecule has 1 aliphatic heterocycles. The Morgan fingerprint density at radius 3 is 2.15 bits per heavy atom. The summed E-state index contributed by atoms with van der Waals surface area (Å²) in [6.45, 7) is 3.45. The molecule has 0 aliphatic carbocycles. The topological polar surface area (TPSA) is 32.3 Å². The quantitative estimate of drug-likeness (QED) is 0.547. The molecule has 1 aliphatic rings. The van der Waals surface area contributed by atoms with Gasteiger partial charge in [-0.15, -0.1) is 0 Å². The van der Waals surface area contributed by atoms with Gasteiger partial charge in [-0.05, 0) is 60.9 Å². The van der Waals surface area contributed by atoms with Crippen LogP contribution in [0.3, 0.4) is 0 Å². The van der Waals surface area contributed by atoms with Crippen LogP contribution in [0.25, 0.3) is 11.3 Å². The van der Waals surface area contributed by atoms with Crippen molar-refractivity contribution in [2.75, 3.05) is 6.26 Å². The summed E-state index contributed by atoms with van der Waals surface area (Å²) in [6.07, 6.45) is 1.38. The summed E-state index contributed by atoms with van der Waals surface area (Å²) in [5.41, 5.74) is 0.0139. The highest BCUT2D eigenvalue weighted by Crippen LogP contribution is 2.42. The first-order valence-corrected chi connectivity index (χ1v) is 9.64. The van der Waals surface area contributed by atoms with E-state index in [9.17, 15) is 17.7 Å².